The molecular weight excluding hydrogens is 282 g/mol. The Morgan fingerprint density at radius 3 is 2.50 bits per heavy atom. The van der Waals surface area contributed by atoms with Crippen molar-refractivity contribution < 1.29 is 18.3 Å². The second-order valence-electron chi connectivity index (χ2n) is 5.36. The summed E-state index contributed by atoms with van der Waals surface area (Å²) in [6.07, 6.45) is 0.881. The highest BCUT2D eigenvalue weighted by molar-refractivity contribution is 7.89. The standard InChI is InChI=1S/C12H21N3O4S/c1-9-11(10(2)14-13-9)20(17,18)15(3)8-12(16)4-6-19-7-5-12/h16H,4-8H2,1-3H3,(H,13,14). The summed E-state index contributed by atoms with van der Waals surface area (Å²) in [5.41, 5.74) is -0.0762. The predicted octanol–water partition coefficient (Wildman–Crippen LogP) is 0.189. The van der Waals surface area contributed by atoms with Crippen LogP contribution in [0.4, 0.5) is 0 Å². The second kappa shape index (κ2) is 5.44. The van der Waals surface area contributed by atoms with E-state index in [1.54, 1.807) is 13.8 Å². The summed E-state index contributed by atoms with van der Waals surface area (Å²) in [5, 5.41) is 17.0. The van der Waals surface area contributed by atoms with Crippen molar-refractivity contribution in [1.82, 2.24) is 14.5 Å². The Hall–Kier alpha value is -0.960. The molecule has 0 aliphatic carbocycles. The Morgan fingerprint density at radius 2 is 2.00 bits per heavy atom. The zero-order valence-corrected chi connectivity index (χ0v) is 12.8. The fourth-order valence-electron chi connectivity index (χ4n) is 2.49. The summed E-state index contributed by atoms with van der Waals surface area (Å²) < 4.78 is 31.5. The molecule has 1 aliphatic rings. The average Bonchev–Trinajstić information content (AvgIpc) is 2.69. The van der Waals surface area contributed by atoms with E-state index in [-0.39, 0.29) is 11.4 Å². The van der Waals surface area contributed by atoms with Gasteiger partial charge in [0.05, 0.1) is 17.0 Å². The molecule has 0 radical (unpaired) electrons. The van der Waals surface area contributed by atoms with E-state index in [2.05, 4.69) is 10.2 Å². The molecule has 2 N–H and O–H groups in total. The van der Waals surface area contributed by atoms with Crippen molar-refractivity contribution in [2.24, 2.45) is 0 Å². The van der Waals surface area contributed by atoms with Gasteiger partial charge >= 0.3 is 0 Å². The SMILES string of the molecule is Cc1n[nH]c(C)c1S(=O)(=O)N(C)CC1(O)CCOCC1. The van der Waals surface area contributed by atoms with Crippen LogP contribution in [-0.4, -0.2) is 60.4 Å². The number of nitrogens with zero attached hydrogens (tertiary/aromatic N) is 2. The van der Waals surface area contributed by atoms with Gasteiger partial charge in [-0.05, 0) is 13.8 Å². The summed E-state index contributed by atoms with van der Waals surface area (Å²) in [7, 11) is -2.17. The van der Waals surface area contributed by atoms with Crippen molar-refractivity contribution in [3.05, 3.63) is 11.4 Å². The number of rotatable bonds is 4. The number of likely N-dealkylation sites (N-methyl/N-ethyl adjacent to an activating group) is 1. The van der Waals surface area contributed by atoms with Crippen molar-refractivity contribution in [3.63, 3.8) is 0 Å². The Morgan fingerprint density at radius 1 is 1.40 bits per heavy atom. The van der Waals surface area contributed by atoms with Gasteiger partial charge in [-0.3, -0.25) is 5.10 Å². The van der Waals surface area contributed by atoms with E-state index in [4.69, 9.17) is 4.74 Å². The highest BCUT2D eigenvalue weighted by Gasteiger charge is 2.36. The minimum Gasteiger partial charge on any atom is -0.388 e. The molecule has 8 heteroatoms. The predicted molar refractivity (Wildman–Crippen MR) is 72.9 cm³/mol. The van der Waals surface area contributed by atoms with Crippen LogP contribution in [0.25, 0.3) is 0 Å². The number of aryl methyl sites for hydroxylation is 2. The molecule has 1 aliphatic heterocycles. The first-order valence-corrected chi connectivity index (χ1v) is 7.98. The van der Waals surface area contributed by atoms with Crippen LogP contribution in [0.2, 0.25) is 0 Å². The highest BCUT2D eigenvalue weighted by Crippen LogP contribution is 2.26. The number of aromatic nitrogens is 2. The fourth-order valence-corrected chi connectivity index (χ4v) is 4.06. The smallest absolute Gasteiger partial charge is 0.246 e. The zero-order valence-electron chi connectivity index (χ0n) is 12.0. The van der Waals surface area contributed by atoms with Crippen LogP contribution in [0, 0.1) is 13.8 Å². The second-order valence-corrected chi connectivity index (χ2v) is 7.34. The lowest BCUT2D eigenvalue weighted by Gasteiger charge is -2.35. The summed E-state index contributed by atoms with van der Waals surface area (Å²) in [6, 6.07) is 0. The van der Waals surface area contributed by atoms with E-state index < -0.39 is 15.6 Å². The van der Waals surface area contributed by atoms with Crippen molar-refractivity contribution in [2.75, 3.05) is 26.8 Å². The average molecular weight is 303 g/mol. The molecule has 0 unspecified atom stereocenters. The van der Waals surface area contributed by atoms with E-state index in [1.807, 2.05) is 0 Å². The van der Waals surface area contributed by atoms with Gasteiger partial charge in [-0.2, -0.15) is 9.40 Å². The van der Waals surface area contributed by atoms with Crippen molar-refractivity contribution in [1.29, 1.82) is 0 Å². The van der Waals surface area contributed by atoms with Crippen LogP contribution >= 0.6 is 0 Å². The van der Waals surface area contributed by atoms with Gasteiger partial charge in [0, 0.05) is 39.6 Å². The first-order chi connectivity index (χ1) is 9.26. The number of nitrogens with one attached hydrogen (secondary N) is 1. The Labute approximate surface area is 119 Å². The molecule has 1 aromatic rings. The normalized spacial score (nSPS) is 19.4. The van der Waals surface area contributed by atoms with Gasteiger partial charge < -0.3 is 9.84 Å². The van der Waals surface area contributed by atoms with E-state index in [0.717, 1.165) is 0 Å². The first-order valence-electron chi connectivity index (χ1n) is 6.54. The molecular formula is C12H21N3O4S. The van der Waals surface area contributed by atoms with E-state index in [9.17, 15) is 13.5 Å². The topological polar surface area (TPSA) is 95.5 Å². The Balaban J connectivity index is 2.22. The molecule has 0 aromatic carbocycles. The number of ether oxygens (including phenoxy) is 1. The largest absolute Gasteiger partial charge is 0.388 e. The minimum atomic E-state index is -3.66. The maximum atomic E-state index is 12.6. The lowest BCUT2D eigenvalue weighted by Crippen LogP contribution is -2.47. The van der Waals surface area contributed by atoms with Crippen LogP contribution in [0.5, 0.6) is 0 Å². The Bertz CT molecular complexity index is 556. The molecule has 1 fully saturated rings. The molecule has 0 bridgehead atoms. The molecule has 1 aromatic heterocycles. The molecule has 114 valence electrons. The molecule has 2 heterocycles. The number of aliphatic hydroxyl groups is 1. The first kappa shape index (κ1) is 15.4. The third kappa shape index (κ3) is 2.88. The minimum absolute atomic E-state index is 0.0583. The molecule has 20 heavy (non-hydrogen) atoms. The van der Waals surface area contributed by atoms with Gasteiger partial charge in [-0.1, -0.05) is 0 Å². The van der Waals surface area contributed by atoms with E-state index in [1.165, 1.54) is 11.4 Å². The molecule has 0 spiro atoms. The molecule has 0 amide bonds. The summed E-state index contributed by atoms with van der Waals surface area (Å²) in [5.74, 6) is 0. The lowest BCUT2D eigenvalue weighted by atomic mass is 9.95. The van der Waals surface area contributed by atoms with Gasteiger partial charge in [-0.25, -0.2) is 8.42 Å². The number of hydrogen-bond donors (Lipinski definition) is 2. The number of sulfonamides is 1. The van der Waals surface area contributed by atoms with Gasteiger partial charge in [0.25, 0.3) is 0 Å². The van der Waals surface area contributed by atoms with Crippen LogP contribution in [0.15, 0.2) is 4.90 Å². The van der Waals surface area contributed by atoms with Crippen molar-refractivity contribution in [3.8, 4) is 0 Å². The van der Waals surface area contributed by atoms with Gasteiger partial charge in [0.1, 0.15) is 4.90 Å². The quantitative estimate of drug-likeness (QED) is 0.828. The lowest BCUT2D eigenvalue weighted by molar-refractivity contribution is -0.0689. The highest BCUT2D eigenvalue weighted by atomic mass is 32.2. The molecule has 0 saturated carbocycles. The van der Waals surface area contributed by atoms with Crippen molar-refractivity contribution in [2.45, 2.75) is 37.2 Å². The zero-order chi connectivity index (χ0) is 15.0. The third-order valence-corrected chi connectivity index (χ3v) is 5.74. The van der Waals surface area contributed by atoms with E-state index in [0.29, 0.717) is 37.4 Å². The summed E-state index contributed by atoms with van der Waals surface area (Å²) in [6.45, 7) is 4.28. The summed E-state index contributed by atoms with van der Waals surface area (Å²) in [4.78, 5) is 0.190. The maximum Gasteiger partial charge on any atom is 0.246 e. The monoisotopic (exact) mass is 303 g/mol. The van der Waals surface area contributed by atoms with Gasteiger partial charge in [0.15, 0.2) is 0 Å². The Kier molecular flexibility index (Phi) is 4.19. The molecule has 2 rings (SSSR count). The van der Waals surface area contributed by atoms with Crippen LogP contribution in [0.3, 0.4) is 0 Å². The van der Waals surface area contributed by atoms with Crippen LogP contribution in [-0.2, 0) is 14.8 Å². The maximum absolute atomic E-state index is 12.6. The fraction of sp³-hybridized carbons (Fsp3) is 0.750. The van der Waals surface area contributed by atoms with Gasteiger partial charge in [-0.15, -0.1) is 0 Å². The number of H-pyrrole nitrogens is 1. The molecule has 7 nitrogen and oxygen atoms in total. The summed E-state index contributed by atoms with van der Waals surface area (Å²) >= 11 is 0. The van der Waals surface area contributed by atoms with Gasteiger partial charge in [0.2, 0.25) is 10.0 Å². The number of hydrogen-bond acceptors (Lipinski definition) is 5. The van der Waals surface area contributed by atoms with Crippen molar-refractivity contribution >= 4 is 10.0 Å². The van der Waals surface area contributed by atoms with E-state index >= 15 is 0 Å². The third-order valence-electron chi connectivity index (χ3n) is 3.67. The molecule has 1 saturated heterocycles. The van der Waals surface area contributed by atoms with Crippen LogP contribution < -0.4 is 0 Å². The van der Waals surface area contributed by atoms with Crippen LogP contribution in [0.1, 0.15) is 24.2 Å². The number of aromatic amines is 1. The molecule has 0 atom stereocenters.